The number of carbonyl (C=O) groups is 1. The number of hydrogen-bond donors (Lipinski definition) is 1. The van der Waals surface area contributed by atoms with Crippen molar-refractivity contribution in [2.75, 3.05) is 25.5 Å². The van der Waals surface area contributed by atoms with Crippen molar-refractivity contribution in [3.8, 4) is 0 Å². The summed E-state index contributed by atoms with van der Waals surface area (Å²) in [6.07, 6.45) is 5.90. The lowest BCUT2D eigenvalue weighted by Crippen LogP contribution is -2.39. The van der Waals surface area contributed by atoms with Gasteiger partial charge in [-0.1, -0.05) is 0 Å². The van der Waals surface area contributed by atoms with Gasteiger partial charge in [0.05, 0.1) is 0 Å². The Balaban J connectivity index is 1.76. The second-order valence-corrected chi connectivity index (χ2v) is 5.82. The number of hydrogen-bond acceptors (Lipinski definition) is 3. The number of carbonyl (C=O) groups excluding carboxylic acids is 1. The molecule has 1 N–H and O–H groups in total. The van der Waals surface area contributed by atoms with Crippen LogP contribution in [0.3, 0.4) is 0 Å². The molecule has 3 rings (SSSR count). The van der Waals surface area contributed by atoms with Crippen molar-refractivity contribution in [2.45, 2.75) is 18.8 Å². The van der Waals surface area contributed by atoms with Crippen LogP contribution in [0.4, 0.5) is 5.82 Å². The van der Waals surface area contributed by atoms with Crippen LogP contribution >= 0.6 is 0 Å². The first-order valence-corrected chi connectivity index (χ1v) is 7.73. The van der Waals surface area contributed by atoms with Crippen molar-refractivity contribution in [1.29, 1.82) is 0 Å². The van der Waals surface area contributed by atoms with Crippen LogP contribution < -0.4 is 5.32 Å². The lowest BCUT2D eigenvalue weighted by atomic mass is 9.91. The predicted octanol–water partition coefficient (Wildman–Crippen LogP) is 2.48. The van der Waals surface area contributed by atoms with Gasteiger partial charge < -0.3 is 14.8 Å². The fourth-order valence-corrected chi connectivity index (χ4v) is 3.12. The lowest BCUT2D eigenvalue weighted by molar-refractivity contribution is 0.0697. The van der Waals surface area contributed by atoms with E-state index in [2.05, 4.69) is 22.4 Å². The number of nitrogens with zero attached hydrogens (tertiary/aromatic N) is 3. The fourth-order valence-electron chi connectivity index (χ4n) is 3.12. The summed E-state index contributed by atoms with van der Waals surface area (Å²) >= 11 is 0. The summed E-state index contributed by atoms with van der Waals surface area (Å²) < 4.78 is 1.89. The molecule has 0 aromatic carbocycles. The first-order valence-electron chi connectivity index (χ1n) is 7.73. The van der Waals surface area contributed by atoms with Crippen molar-refractivity contribution in [2.24, 2.45) is 7.05 Å². The number of aryl methyl sites for hydroxylation is 1. The van der Waals surface area contributed by atoms with E-state index in [1.165, 1.54) is 5.56 Å². The molecule has 5 heteroatoms. The van der Waals surface area contributed by atoms with Crippen LogP contribution in [0.25, 0.3) is 0 Å². The van der Waals surface area contributed by atoms with Crippen molar-refractivity contribution in [3.63, 3.8) is 0 Å². The zero-order valence-corrected chi connectivity index (χ0v) is 13.1. The van der Waals surface area contributed by atoms with Crippen LogP contribution in [0.5, 0.6) is 0 Å². The van der Waals surface area contributed by atoms with Crippen LogP contribution in [0.2, 0.25) is 0 Å². The molecule has 3 heterocycles. The highest BCUT2D eigenvalue weighted by molar-refractivity contribution is 5.92. The van der Waals surface area contributed by atoms with Crippen molar-refractivity contribution in [3.05, 3.63) is 47.9 Å². The summed E-state index contributed by atoms with van der Waals surface area (Å²) in [6.45, 7) is 1.61. The molecule has 0 aliphatic carbocycles. The van der Waals surface area contributed by atoms with Gasteiger partial charge in [0.1, 0.15) is 11.5 Å². The summed E-state index contributed by atoms with van der Waals surface area (Å²) in [6, 6.07) is 7.94. The van der Waals surface area contributed by atoms with Gasteiger partial charge in [-0.2, -0.15) is 0 Å². The molecule has 1 amide bonds. The van der Waals surface area contributed by atoms with Gasteiger partial charge in [0.25, 0.3) is 5.91 Å². The largest absolute Gasteiger partial charge is 0.373 e. The Labute approximate surface area is 131 Å². The number of nitrogens with one attached hydrogen (secondary N) is 1. The Morgan fingerprint density at radius 1 is 1.41 bits per heavy atom. The summed E-state index contributed by atoms with van der Waals surface area (Å²) in [5, 5.41) is 3.08. The minimum atomic E-state index is 0.125. The maximum absolute atomic E-state index is 12.7. The number of piperidine rings is 1. The third-order valence-electron chi connectivity index (χ3n) is 4.38. The van der Waals surface area contributed by atoms with E-state index in [9.17, 15) is 4.79 Å². The predicted molar refractivity (Wildman–Crippen MR) is 87.1 cm³/mol. The van der Waals surface area contributed by atoms with Gasteiger partial charge in [0, 0.05) is 45.5 Å². The van der Waals surface area contributed by atoms with E-state index >= 15 is 0 Å². The van der Waals surface area contributed by atoms with Crippen molar-refractivity contribution < 1.29 is 4.79 Å². The van der Waals surface area contributed by atoms with Crippen LogP contribution in [-0.4, -0.2) is 40.5 Å². The second-order valence-electron chi connectivity index (χ2n) is 5.82. The molecule has 116 valence electrons. The molecule has 1 atom stereocenters. The van der Waals surface area contributed by atoms with Gasteiger partial charge in [-0.05, 0) is 42.7 Å². The molecule has 22 heavy (non-hydrogen) atoms. The Morgan fingerprint density at radius 2 is 2.27 bits per heavy atom. The molecular weight excluding hydrogens is 276 g/mol. The number of anilines is 1. The molecule has 1 fully saturated rings. The number of aromatic nitrogens is 2. The highest BCUT2D eigenvalue weighted by Crippen LogP contribution is 2.28. The monoisotopic (exact) mass is 298 g/mol. The highest BCUT2D eigenvalue weighted by atomic mass is 16.2. The molecule has 1 aliphatic heterocycles. The first-order chi connectivity index (χ1) is 10.7. The summed E-state index contributed by atoms with van der Waals surface area (Å²) in [7, 11) is 3.79. The summed E-state index contributed by atoms with van der Waals surface area (Å²) in [5.74, 6) is 1.39. The topological polar surface area (TPSA) is 50.2 Å². The smallest absolute Gasteiger partial charge is 0.270 e. The van der Waals surface area contributed by atoms with E-state index in [1.807, 2.05) is 48.1 Å². The average molecular weight is 298 g/mol. The van der Waals surface area contributed by atoms with Gasteiger partial charge in [-0.25, -0.2) is 4.98 Å². The van der Waals surface area contributed by atoms with E-state index in [0.29, 0.717) is 5.92 Å². The number of pyridine rings is 1. The molecule has 5 nitrogen and oxygen atoms in total. The molecule has 0 saturated carbocycles. The molecule has 0 unspecified atom stereocenters. The van der Waals surface area contributed by atoms with Gasteiger partial charge in [0.2, 0.25) is 0 Å². The van der Waals surface area contributed by atoms with Crippen molar-refractivity contribution >= 4 is 11.7 Å². The quantitative estimate of drug-likeness (QED) is 0.947. The third-order valence-corrected chi connectivity index (χ3v) is 4.38. The molecule has 2 aromatic rings. The van der Waals surface area contributed by atoms with Crippen LogP contribution in [0.1, 0.15) is 34.8 Å². The maximum Gasteiger partial charge on any atom is 0.270 e. The number of amides is 1. The number of rotatable bonds is 3. The van der Waals surface area contributed by atoms with E-state index in [4.69, 9.17) is 0 Å². The normalized spacial score (nSPS) is 18.3. The molecule has 0 radical (unpaired) electrons. The zero-order chi connectivity index (χ0) is 15.5. The molecule has 2 aromatic heterocycles. The fraction of sp³-hybridized carbons (Fsp3) is 0.412. The van der Waals surface area contributed by atoms with Crippen LogP contribution in [0.15, 0.2) is 36.7 Å². The van der Waals surface area contributed by atoms with Gasteiger partial charge in [0.15, 0.2) is 0 Å². The molecule has 0 spiro atoms. The summed E-state index contributed by atoms with van der Waals surface area (Å²) in [4.78, 5) is 18.9. The van der Waals surface area contributed by atoms with E-state index < -0.39 is 0 Å². The van der Waals surface area contributed by atoms with Crippen LogP contribution in [0, 0.1) is 0 Å². The molecular formula is C17H22N4O. The SMILES string of the molecule is CNc1cc([C@H]2CCCN(C(=O)c3cccn3C)C2)ccn1. The highest BCUT2D eigenvalue weighted by Gasteiger charge is 2.26. The third kappa shape index (κ3) is 2.84. The lowest BCUT2D eigenvalue weighted by Gasteiger charge is -2.33. The second kappa shape index (κ2) is 6.22. The molecule has 1 saturated heterocycles. The van der Waals surface area contributed by atoms with Gasteiger partial charge in [-0.15, -0.1) is 0 Å². The number of likely N-dealkylation sites (tertiary alicyclic amines) is 1. The Hall–Kier alpha value is -2.30. The standard InChI is InChI=1S/C17H22N4O/c1-18-16-11-13(7-8-19-16)14-5-3-10-21(12-14)17(22)15-6-4-9-20(15)2/h4,6-9,11,14H,3,5,10,12H2,1-2H3,(H,18,19)/t14-/m0/s1. The molecule has 0 bridgehead atoms. The Bertz CT molecular complexity index is 664. The molecule has 1 aliphatic rings. The Kier molecular flexibility index (Phi) is 4.13. The minimum Gasteiger partial charge on any atom is -0.373 e. The van der Waals surface area contributed by atoms with Gasteiger partial charge >= 0.3 is 0 Å². The maximum atomic E-state index is 12.7. The van der Waals surface area contributed by atoms with Gasteiger partial charge in [-0.3, -0.25) is 4.79 Å². The summed E-state index contributed by atoms with van der Waals surface area (Å²) in [5.41, 5.74) is 2.01. The Morgan fingerprint density at radius 3 is 3.00 bits per heavy atom. The first kappa shape index (κ1) is 14.6. The van der Waals surface area contributed by atoms with Crippen molar-refractivity contribution in [1.82, 2.24) is 14.5 Å². The van der Waals surface area contributed by atoms with E-state index in [1.54, 1.807) is 0 Å². The minimum absolute atomic E-state index is 0.125. The zero-order valence-electron chi connectivity index (χ0n) is 13.1. The van der Waals surface area contributed by atoms with E-state index in [0.717, 1.165) is 37.4 Å². The van der Waals surface area contributed by atoms with Crippen LogP contribution in [-0.2, 0) is 7.05 Å². The van der Waals surface area contributed by atoms with E-state index in [-0.39, 0.29) is 5.91 Å². The average Bonchev–Trinajstić information content (AvgIpc) is 3.00.